The van der Waals surface area contributed by atoms with E-state index in [2.05, 4.69) is 5.32 Å². The molecule has 0 spiro atoms. The molecule has 1 aromatic carbocycles. The molecule has 3 nitrogen and oxygen atoms in total. The minimum Gasteiger partial charge on any atom is -0.508 e. The molecule has 0 amide bonds. The summed E-state index contributed by atoms with van der Waals surface area (Å²) in [6.07, 6.45) is 1.01. The van der Waals surface area contributed by atoms with E-state index < -0.39 is 0 Å². The number of hydrogen-bond acceptors (Lipinski definition) is 2. The second kappa shape index (κ2) is 7.86. The topological polar surface area (TPSA) is 63.8 Å². The molecule has 0 aliphatic heterocycles. The first-order chi connectivity index (χ1) is 5.33. The van der Waals surface area contributed by atoms with E-state index in [1.165, 1.54) is 5.56 Å². The van der Waals surface area contributed by atoms with E-state index in [-0.39, 0.29) is 17.9 Å². The third-order valence-electron chi connectivity index (χ3n) is 1.60. The maximum atomic E-state index is 8.97. The van der Waals surface area contributed by atoms with Crippen LogP contribution in [0.4, 0.5) is 0 Å². The zero-order chi connectivity index (χ0) is 8.10. The summed E-state index contributed by atoms with van der Waals surface area (Å²) in [6.45, 7) is 0.977. The quantitative estimate of drug-likeness (QED) is 0.765. The Kier molecular flexibility index (Phi) is 8.91. The molecule has 0 bridgehead atoms. The van der Waals surface area contributed by atoms with Gasteiger partial charge in [-0.3, -0.25) is 0 Å². The van der Waals surface area contributed by atoms with E-state index in [4.69, 9.17) is 5.11 Å². The van der Waals surface area contributed by atoms with Crippen LogP contribution in [0.25, 0.3) is 0 Å². The Morgan fingerprint density at radius 1 is 1.23 bits per heavy atom. The van der Waals surface area contributed by atoms with Crippen molar-refractivity contribution in [2.24, 2.45) is 0 Å². The molecular formula is C9H16ClNO2. The van der Waals surface area contributed by atoms with Gasteiger partial charge in [-0.25, -0.2) is 0 Å². The summed E-state index contributed by atoms with van der Waals surface area (Å²) >= 11 is 0. The number of rotatable bonds is 3. The highest BCUT2D eigenvalue weighted by Gasteiger charge is 1.90. The third-order valence-corrected chi connectivity index (χ3v) is 1.60. The normalized spacial score (nSPS) is 8.38. The third kappa shape index (κ3) is 5.47. The smallest absolute Gasteiger partial charge is 0.115 e. The number of nitrogens with one attached hydrogen (secondary N) is 1. The predicted molar refractivity (Wildman–Crippen MR) is 56.6 cm³/mol. The van der Waals surface area contributed by atoms with E-state index in [0.717, 1.165) is 13.0 Å². The van der Waals surface area contributed by atoms with Crippen LogP contribution in [0.5, 0.6) is 5.75 Å². The molecule has 0 heterocycles. The van der Waals surface area contributed by atoms with Crippen molar-refractivity contribution in [3.8, 4) is 5.75 Å². The lowest BCUT2D eigenvalue weighted by molar-refractivity contribution is 0.475. The monoisotopic (exact) mass is 205 g/mol. The van der Waals surface area contributed by atoms with Crippen LogP contribution in [-0.2, 0) is 6.42 Å². The molecular weight excluding hydrogens is 190 g/mol. The molecule has 0 aliphatic carbocycles. The van der Waals surface area contributed by atoms with Crippen molar-refractivity contribution >= 4 is 12.4 Å². The number of aromatic hydroxyl groups is 1. The fourth-order valence-electron chi connectivity index (χ4n) is 0.932. The molecule has 0 aromatic heterocycles. The summed E-state index contributed by atoms with van der Waals surface area (Å²) in [5, 5.41) is 12.0. The molecule has 13 heavy (non-hydrogen) atoms. The Morgan fingerprint density at radius 3 is 2.23 bits per heavy atom. The lowest BCUT2D eigenvalue weighted by atomic mass is 10.1. The Labute approximate surface area is 84.5 Å². The molecule has 0 fully saturated rings. The first kappa shape index (κ1) is 14.7. The molecule has 0 saturated carbocycles. The first-order valence-corrected chi connectivity index (χ1v) is 3.75. The van der Waals surface area contributed by atoms with Gasteiger partial charge in [0, 0.05) is 0 Å². The van der Waals surface area contributed by atoms with E-state index in [1.54, 1.807) is 12.1 Å². The summed E-state index contributed by atoms with van der Waals surface area (Å²) in [5.41, 5.74) is 1.25. The molecule has 1 rings (SSSR count). The zero-order valence-corrected chi connectivity index (χ0v) is 8.40. The summed E-state index contributed by atoms with van der Waals surface area (Å²) in [4.78, 5) is 0. The molecule has 0 aliphatic rings. The predicted octanol–water partition coefficient (Wildman–Crippen LogP) is 0.751. The maximum Gasteiger partial charge on any atom is 0.115 e. The molecule has 4 N–H and O–H groups in total. The van der Waals surface area contributed by atoms with Gasteiger partial charge in [-0.05, 0) is 37.7 Å². The zero-order valence-electron chi connectivity index (χ0n) is 7.58. The van der Waals surface area contributed by atoms with Gasteiger partial charge in [0.2, 0.25) is 0 Å². The minimum absolute atomic E-state index is 0. The molecule has 0 unspecified atom stereocenters. The number of phenolic OH excluding ortho intramolecular Hbond substituents is 1. The van der Waals surface area contributed by atoms with Crippen LogP contribution in [0.3, 0.4) is 0 Å². The van der Waals surface area contributed by atoms with Gasteiger partial charge in [-0.15, -0.1) is 12.4 Å². The number of halogens is 1. The van der Waals surface area contributed by atoms with Crippen LogP contribution >= 0.6 is 12.4 Å². The molecule has 0 saturated heterocycles. The van der Waals surface area contributed by atoms with Crippen molar-refractivity contribution in [3.63, 3.8) is 0 Å². The Morgan fingerprint density at radius 2 is 1.77 bits per heavy atom. The van der Waals surface area contributed by atoms with E-state index in [0.29, 0.717) is 5.75 Å². The number of phenols is 1. The molecule has 76 valence electrons. The number of likely N-dealkylation sites (N-methyl/N-ethyl adjacent to an activating group) is 1. The molecule has 1 aromatic rings. The average Bonchev–Trinajstić information content (AvgIpc) is 2.04. The van der Waals surface area contributed by atoms with Gasteiger partial charge in [0.25, 0.3) is 0 Å². The van der Waals surface area contributed by atoms with Gasteiger partial charge in [0.05, 0.1) is 0 Å². The van der Waals surface area contributed by atoms with Crippen LogP contribution in [0, 0.1) is 0 Å². The Bertz CT molecular complexity index is 213. The highest BCUT2D eigenvalue weighted by Crippen LogP contribution is 2.09. The summed E-state index contributed by atoms with van der Waals surface area (Å²) < 4.78 is 0. The SMILES string of the molecule is CNCCc1ccc(O)cc1.Cl.O. The fraction of sp³-hybridized carbons (Fsp3) is 0.333. The number of benzene rings is 1. The standard InChI is InChI=1S/C9H13NO.ClH.H2O/c1-10-7-6-8-2-4-9(11)5-3-8;;/h2-5,10-11H,6-7H2,1H3;1H;1H2. The summed E-state index contributed by atoms with van der Waals surface area (Å²) in [6, 6.07) is 7.30. The van der Waals surface area contributed by atoms with Crippen LogP contribution in [0.2, 0.25) is 0 Å². The van der Waals surface area contributed by atoms with Crippen molar-refractivity contribution in [3.05, 3.63) is 29.8 Å². The van der Waals surface area contributed by atoms with Crippen LogP contribution in [0.1, 0.15) is 5.56 Å². The van der Waals surface area contributed by atoms with Crippen LogP contribution in [0.15, 0.2) is 24.3 Å². The summed E-state index contributed by atoms with van der Waals surface area (Å²) in [7, 11) is 1.93. The van der Waals surface area contributed by atoms with Gasteiger partial charge in [-0.2, -0.15) is 0 Å². The maximum absolute atomic E-state index is 8.97. The van der Waals surface area contributed by atoms with E-state index >= 15 is 0 Å². The van der Waals surface area contributed by atoms with Crippen LogP contribution < -0.4 is 5.32 Å². The second-order valence-electron chi connectivity index (χ2n) is 2.52. The highest BCUT2D eigenvalue weighted by atomic mass is 35.5. The van der Waals surface area contributed by atoms with Gasteiger partial charge >= 0.3 is 0 Å². The average molecular weight is 206 g/mol. The van der Waals surface area contributed by atoms with Gasteiger partial charge in [-0.1, -0.05) is 12.1 Å². The van der Waals surface area contributed by atoms with Crippen molar-refractivity contribution in [2.75, 3.05) is 13.6 Å². The molecule has 0 atom stereocenters. The van der Waals surface area contributed by atoms with Crippen molar-refractivity contribution in [1.82, 2.24) is 5.32 Å². The molecule has 4 heteroatoms. The van der Waals surface area contributed by atoms with Crippen molar-refractivity contribution in [2.45, 2.75) is 6.42 Å². The minimum atomic E-state index is 0. The van der Waals surface area contributed by atoms with Gasteiger partial charge < -0.3 is 15.9 Å². The fourth-order valence-corrected chi connectivity index (χ4v) is 0.932. The highest BCUT2D eigenvalue weighted by molar-refractivity contribution is 5.85. The largest absolute Gasteiger partial charge is 0.508 e. The number of hydrogen-bond donors (Lipinski definition) is 2. The lowest BCUT2D eigenvalue weighted by Crippen LogP contribution is -2.09. The van der Waals surface area contributed by atoms with Crippen LogP contribution in [-0.4, -0.2) is 24.2 Å². The van der Waals surface area contributed by atoms with E-state index in [9.17, 15) is 0 Å². The Balaban J connectivity index is 0. The molecule has 0 radical (unpaired) electrons. The van der Waals surface area contributed by atoms with Gasteiger partial charge in [0.15, 0.2) is 0 Å². The summed E-state index contributed by atoms with van der Waals surface area (Å²) in [5.74, 6) is 0.332. The van der Waals surface area contributed by atoms with E-state index in [1.807, 2.05) is 19.2 Å². The van der Waals surface area contributed by atoms with Crippen molar-refractivity contribution < 1.29 is 10.6 Å². The second-order valence-corrected chi connectivity index (χ2v) is 2.52. The van der Waals surface area contributed by atoms with Gasteiger partial charge in [0.1, 0.15) is 5.75 Å². The lowest BCUT2D eigenvalue weighted by Gasteiger charge is -1.99. The first-order valence-electron chi connectivity index (χ1n) is 3.75. The van der Waals surface area contributed by atoms with Crippen molar-refractivity contribution in [1.29, 1.82) is 0 Å². The Hall–Kier alpha value is -0.770.